The van der Waals surface area contributed by atoms with E-state index >= 15 is 0 Å². The Morgan fingerprint density at radius 2 is 1.77 bits per heavy atom. The van der Waals surface area contributed by atoms with Crippen molar-refractivity contribution in [2.45, 2.75) is 18.8 Å². The average Bonchev–Trinajstić information content (AvgIpc) is 3.03. The molecule has 0 fully saturated rings. The van der Waals surface area contributed by atoms with Crippen LogP contribution >= 0.6 is 11.3 Å². The molecular formula is C20H20N2O3S. The van der Waals surface area contributed by atoms with Gasteiger partial charge in [-0.2, -0.15) is 0 Å². The van der Waals surface area contributed by atoms with E-state index in [1.807, 2.05) is 61.5 Å². The molecule has 0 bridgehead atoms. The van der Waals surface area contributed by atoms with Crippen LogP contribution in [-0.2, 0) is 21.4 Å². The van der Waals surface area contributed by atoms with Crippen LogP contribution in [0.1, 0.15) is 17.5 Å². The van der Waals surface area contributed by atoms with Crippen molar-refractivity contribution < 1.29 is 14.7 Å². The number of nitrogens with zero attached hydrogens (tertiary/aromatic N) is 2. The van der Waals surface area contributed by atoms with Gasteiger partial charge >= 0.3 is 5.97 Å². The first-order valence-electron chi connectivity index (χ1n) is 8.27. The minimum atomic E-state index is -1.03. The Labute approximate surface area is 155 Å². The molecule has 1 unspecified atom stereocenters. The lowest BCUT2D eigenvalue weighted by atomic mass is 9.78. The Bertz CT molecular complexity index is 905. The van der Waals surface area contributed by atoms with Crippen LogP contribution in [0.15, 0.2) is 54.6 Å². The fourth-order valence-electron chi connectivity index (χ4n) is 3.10. The van der Waals surface area contributed by atoms with Gasteiger partial charge in [-0.3, -0.25) is 9.59 Å². The molecule has 0 spiro atoms. The van der Waals surface area contributed by atoms with E-state index in [1.54, 1.807) is 11.3 Å². The highest BCUT2D eigenvalue weighted by Gasteiger charge is 2.38. The lowest BCUT2D eigenvalue weighted by molar-refractivity contribution is -0.145. The van der Waals surface area contributed by atoms with Crippen molar-refractivity contribution in [1.82, 2.24) is 9.88 Å². The summed E-state index contributed by atoms with van der Waals surface area (Å²) in [4.78, 5) is 30.1. The molecule has 5 nitrogen and oxygen atoms in total. The molecule has 0 radical (unpaired) electrons. The molecule has 0 aliphatic rings. The number of aliphatic carboxylic acids is 1. The zero-order valence-corrected chi connectivity index (χ0v) is 15.5. The second-order valence-corrected chi connectivity index (χ2v) is 7.62. The monoisotopic (exact) mass is 368 g/mol. The summed E-state index contributed by atoms with van der Waals surface area (Å²) in [5, 5.41) is 9.91. The van der Waals surface area contributed by atoms with Gasteiger partial charge in [-0.1, -0.05) is 42.5 Å². The Balaban J connectivity index is 2.00. The number of thiazole rings is 1. The lowest BCUT2D eigenvalue weighted by Gasteiger charge is -2.32. The highest BCUT2D eigenvalue weighted by atomic mass is 32.1. The number of hydrogen-bond donors (Lipinski definition) is 1. The third-order valence-electron chi connectivity index (χ3n) is 4.45. The molecule has 2 aromatic carbocycles. The zero-order chi connectivity index (χ0) is 18.7. The number of carbonyl (C=O) groups is 2. The maximum absolute atomic E-state index is 13.2. The predicted octanol–water partition coefficient (Wildman–Crippen LogP) is 3.34. The van der Waals surface area contributed by atoms with Crippen molar-refractivity contribution in [2.24, 2.45) is 0 Å². The molecule has 1 atom stereocenters. The molecule has 26 heavy (non-hydrogen) atoms. The number of carboxylic acids is 1. The number of para-hydroxylation sites is 1. The third-order valence-corrected chi connectivity index (χ3v) is 5.48. The number of carboxylic acid groups (broad SMARTS) is 1. The van der Waals surface area contributed by atoms with Gasteiger partial charge in [-0.15, -0.1) is 11.3 Å². The van der Waals surface area contributed by atoms with Crippen molar-refractivity contribution in [3.8, 4) is 0 Å². The first-order valence-corrected chi connectivity index (χ1v) is 9.09. The number of likely N-dealkylation sites (N-methyl/N-ethyl adjacent to an activating group) is 1. The fraction of sp³-hybridized carbons (Fsp3) is 0.250. The van der Waals surface area contributed by atoms with E-state index in [0.29, 0.717) is 6.42 Å². The van der Waals surface area contributed by atoms with Crippen LogP contribution in [0.4, 0.5) is 0 Å². The van der Waals surface area contributed by atoms with Gasteiger partial charge in [0.1, 0.15) is 6.54 Å². The number of benzene rings is 2. The van der Waals surface area contributed by atoms with Crippen molar-refractivity contribution in [1.29, 1.82) is 0 Å². The number of hydrogen-bond acceptors (Lipinski definition) is 4. The average molecular weight is 368 g/mol. The highest BCUT2D eigenvalue weighted by molar-refractivity contribution is 7.18. The summed E-state index contributed by atoms with van der Waals surface area (Å²) in [6.07, 6.45) is 0.416. The lowest BCUT2D eigenvalue weighted by Crippen LogP contribution is -2.46. The van der Waals surface area contributed by atoms with Gasteiger partial charge in [-0.05, 0) is 24.6 Å². The summed E-state index contributed by atoms with van der Waals surface area (Å²) < 4.78 is 1.07. The Morgan fingerprint density at radius 1 is 1.12 bits per heavy atom. The van der Waals surface area contributed by atoms with Gasteiger partial charge in [0.05, 0.1) is 20.6 Å². The first-order chi connectivity index (χ1) is 12.4. The second kappa shape index (κ2) is 7.25. The summed E-state index contributed by atoms with van der Waals surface area (Å²) in [5.41, 5.74) is 0.870. The molecule has 3 aromatic rings. The molecule has 0 aliphatic heterocycles. The predicted molar refractivity (Wildman–Crippen MR) is 102 cm³/mol. The molecule has 1 aromatic heterocycles. The van der Waals surface area contributed by atoms with Crippen molar-refractivity contribution in [3.63, 3.8) is 0 Å². The minimum Gasteiger partial charge on any atom is -0.480 e. The quantitative estimate of drug-likeness (QED) is 0.724. The topological polar surface area (TPSA) is 70.5 Å². The van der Waals surface area contributed by atoms with E-state index in [4.69, 9.17) is 5.11 Å². The number of aromatic nitrogens is 1. The highest BCUT2D eigenvalue weighted by Crippen LogP contribution is 2.33. The maximum atomic E-state index is 13.2. The van der Waals surface area contributed by atoms with E-state index in [1.165, 1.54) is 11.9 Å². The molecule has 6 heteroatoms. The summed E-state index contributed by atoms with van der Waals surface area (Å²) in [6, 6.07) is 17.3. The van der Waals surface area contributed by atoms with Gasteiger partial charge in [0.15, 0.2) is 0 Å². The molecule has 1 N–H and O–H groups in total. The smallest absolute Gasteiger partial charge is 0.323 e. The van der Waals surface area contributed by atoms with E-state index in [2.05, 4.69) is 4.98 Å². The summed E-state index contributed by atoms with van der Waals surface area (Å²) in [5.74, 6) is -1.26. The van der Waals surface area contributed by atoms with Crippen molar-refractivity contribution >= 4 is 33.4 Å². The summed E-state index contributed by atoms with van der Waals surface area (Å²) in [6.45, 7) is 1.52. The van der Waals surface area contributed by atoms with E-state index in [9.17, 15) is 9.59 Å². The van der Waals surface area contributed by atoms with Crippen LogP contribution in [0.25, 0.3) is 10.2 Å². The minimum absolute atomic E-state index is 0.231. The summed E-state index contributed by atoms with van der Waals surface area (Å²) in [7, 11) is 1.52. The fourth-order valence-corrected chi connectivity index (χ4v) is 4.22. The molecule has 1 heterocycles. The van der Waals surface area contributed by atoms with Gasteiger partial charge in [0.2, 0.25) is 5.91 Å². The molecule has 3 rings (SSSR count). The van der Waals surface area contributed by atoms with Crippen LogP contribution in [0.5, 0.6) is 0 Å². The Morgan fingerprint density at radius 3 is 2.42 bits per heavy atom. The second-order valence-electron chi connectivity index (χ2n) is 6.51. The van der Waals surface area contributed by atoms with Crippen molar-refractivity contribution in [3.05, 3.63) is 65.2 Å². The molecule has 0 aliphatic carbocycles. The van der Waals surface area contributed by atoms with E-state index in [-0.39, 0.29) is 12.5 Å². The number of fused-ring (bicyclic) bond motifs is 1. The molecule has 0 saturated carbocycles. The number of carbonyl (C=O) groups excluding carboxylic acids is 1. The standard InChI is InChI=1S/C20H20N2O3S/c1-20(14-8-4-3-5-9-14,19(25)22(2)13-18(23)24)12-17-21-15-10-6-7-11-16(15)26-17/h3-11H,12-13H2,1-2H3,(H,23,24). The van der Waals surface area contributed by atoms with Crippen molar-refractivity contribution in [2.75, 3.05) is 13.6 Å². The largest absolute Gasteiger partial charge is 0.480 e. The Kier molecular flexibility index (Phi) is 5.04. The normalized spacial score (nSPS) is 13.3. The first kappa shape index (κ1) is 18.1. The van der Waals surface area contributed by atoms with Crippen LogP contribution in [0, 0.1) is 0 Å². The van der Waals surface area contributed by atoms with Crippen LogP contribution in [0.3, 0.4) is 0 Å². The van der Waals surface area contributed by atoms with Crippen LogP contribution in [0.2, 0.25) is 0 Å². The molecular weight excluding hydrogens is 348 g/mol. The zero-order valence-electron chi connectivity index (χ0n) is 14.7. The molecule has 134 valence electrons. The van der Waals surface area contributed by atoms with Gasteiger partial charge in [-0.25, -0.2) is 4.98 Å². The summed E-state index contributed by atoms with van der Waals surface area (Å²) >= 11 is 1.56. The molecule has 1 amide bonds. The van der Waals surface area contributed by atoms with E-state index < -0.39 is 11.4 Å². The van der Waals surface area contributed by atoms with Crippen LogP contribution < -0.4 is 0 Å². The number of amides is 1. The van der Waals surface area contributed by atoms with Crippen LogP contribution in [-0.4, -0.2) is 40.5 Å². The third kappa shape index (κ3) is 3.60. The Hall–Kier alpha value is -2.73. The van der Waals surface area contributed by atoms with Gasteiger partial charge in [0.25, 0.3) is 0 Å². The van der Waals surface area contributed by atoms with Gasteiger partial charge < -0.3 is 10.0 Å². The maximum Gasteiger partial charge on any atom is 0.323 e. The molecule has 0 saturated heterocycles. The number of rotatable bonds is 6. The SMILES string of the molecule is CN(CC(=O)O)C(=O)C(C)(Cc1nc2ccccc2s1)c1ccccc1. The van der Waals surface area contributed by atoms with E-state index in [0.717, 1.165) is 20.8 Å². The van der Waals surface area contributed by atoms with Gasteiger partial charge in [0, 0.05) is 13.5 Å².